The second-order valence-corrected chi connectivity index (χ2v) is 5.60. The molecule has 0 unspecified atom stereocenters. The third-order valence-electron chi connectivity index (χ3n) is 4.16. The summed E-state index contributed by atoms with van der Waals surface area (Å²) < 4.78 is 0. The van der Waals surface area contributed by atoms with Gasteiger partial charge in [0.05, 0.1) is 0 Å². The highest BCUT2D eigenvalue weighted by atomic mass is 16.1. The molecule has 0 atom stereocenters. The van der Waals surface area contributed by atoms with Gasteiger partial charge in [0.2, 0.25) is 0 Å². The molecule has 1 heterocycles. The highest BCUT2D eigenvalue weighted by molar-refractivity contribution is 6.05. The fourth-order valence-corrected chi connectivity index (χ4v) is 2.73. The average molecular weight is 280 g/mol. The molecule has 0 radical (unpaired) electrons. The summed E-state index contributed by atoms with van der Waals surface area (Å²) in [7, 11) is 0. The number of amides is 1. The first kappa shape index (κ1) is 13.7. The van der Waals surface area contributed by atoms with Crippen LogP contribution < -0.4 is 10.6 Å². The quantitative estimate of drug-likeness (QED) is 0.875. The van der Waals surface area contributed by atoms with Crippen LogP contribution in [0.3, 0.4) is 0 Å². The van der Waals surface area contributed by atoms with Crippen LogP contribution in [0.4, 0.5) is 11.4 Å². The highest BCUT2D eigenvalue weighted by Crippen LogP contribution is 2.26. The van der Waals surface area contributed by atoms with Crippen LogP contribution in [0.5, 0.6) is 0 Å². The van der Waals surface area contributed by atoms with Gasteiger partial charge in [0.1, 0.15) is 0 Å². The molecule has 0 saturated heterocycles. The normalized spacial score (nSPS) is 13.2. The zero-order valence-electron chi connectivity index (χ0n) is 12.5. The standard InChI is InChI=1S/C18H20N2O/c1-12-5-3-7-16(13(12)2)18(21)20-15-9-8-14-6-4-10-19-17(14)11-15/h3,5,7-9,11,19H,4,6,10H2,1-2H3,(H,20,21). The summed E-state index contributed by atoms with van der Waals surface area (Å²) in [5, 5.41) is 6.38. The lowest BCUT2D eigenvalue weighted by molar-refractivity contribution is 0.102. The zero-order valence-corrected chi connectivity index (χ0v) is 12.5. The topological polar surface area (TPSA) is 41.1 Å². The largest absolute Gasteiger partial charge is 0.385 e. The molecule has 2 aromatic rings. The number of anilines is 2. The van der Waals surface area contributed by atoms with Gasteiger partial charge in [-0.05, 0) is 61.6 Å². The van der Waals surface area contributed by atoms with Gasteiger partial charge < -0.3 is 10.6 Å². The molecule has 2 N–H and O–H groups in total. The second-order valence-electron chi connectivity index (χ2n) is 5.60. The summed E-state index contributed by atoms with van der Waals surface area (Å²) in [6.07, 6.45) is 2.27. The Labute approximate surface area is 125 Å². The van der Waals surface area contributed by atoms with E-state index >= 15 is 0 Å². The maximum atomic E-state index is 12.4. The Kier molecular flexibility index (Phi) is 3.65. The van der Waals surface area contributed by atoms with E-state index in [1.165, 1.54) is 12.0 Å². The lowest BCUT2D eigenvalue weighted by atomic mass is 10.0. The van der Waals surface area contributed by atoms with Crippen LogP contribution in [-0.4, -0.2) is 12.5 Å². The van der Waals surface area contributed by atoms with Crippen molar-refractivity contribution in [2.24, 2.45) is 0 Å². The Morgan fingerprint density at radius 3 is 2.90 bits per heavy atom. The van der Waals surface area contributed by atoms with Crippen LogP contribution in [0.25, 0.3) is 0 Å². The van der Waals surface area contributed by atoms with Gasteiger partial charge in [-0.3, -0.25) is 4.79 Å². The number of aryl methyl sites for hydroxylation is 2. The first-order chi connectivity index (χ1) is 10.1. The van der Waals surface area contributed by atoms with Crippen molar-refractivity contribution in [3.63, 3.8) is 0 Å². The second kappa shape index (κ2) is 5.60. The Hall–Kier alpha value is -2.29. The van der Waals surface area contributed by atoms with Gasteiger partial charge in [-0.1, -0.05) is 18.2 Å². The molecule has 3 nitrogen and oxygen atoms in total. The molecule has 0 bridgehead atoms. The van der Waals surface area contributed by atoms with Crippen LogP contribution in [0.15, 0.2) is 36.4 Å². The number of benzene rings is 2. The van der Waals surface area contributed by atoms with Crippen LogP contribution in [0.2, 0.25) is 0 Å². The number of carbonyl (C=O) groups is 1. The summed E-state index contributed by atoms with van der Waals surface area (Å²) >= 11 is 0. The van der Waals surface area contributed by atoms with Crippen LogP contribution >= 0.6 is 0 Å². The molecule has 0 aromatic heterocycles. The van der Waals surface area contributed by atoms with Crippen LogP contribution in [0.1, 0.15) is 33.5 Å². The van der Waals surface area contributed by atoms with Crippen molar-refractivity contribution in [3.05, 3.63) is 58.7 Å². The molecule has 0 aliphatic carbocycles. The number of carbonyl (C=O) groups excluding carboxylic acids is 1. The summed E-state index contributed by atoms with van der Waals surface area (Å²) in [4.78, 5) is 12.4. The van der Waals surface area contributed by atoms with E-state index in [2.05, 4.69) is 16.7 Å². The summed E-state index contributed by atoms with van der Waals surface area (Å²) in [5.74, 6) is -0.0491. The molecule has 0 spiro atoms. The van der Waals surface area contributed by atoms with E-state index in [1.54, 1.807) is 0 Å². The van der Waals surface area contributed by atoms with Crippen LogP contribution in [-0.2, 0) is 6.42 Å². The molecule has 108 valence electrons. The van der Waals surface area contributed by atoms with Crippen molar-refractivity contribution in [3.8, 4) is 0 Å². The first-order valence-electron chi connectivity index (χ1n) is 7.39. The Balaban J connectivity index is 1.83. The highest BCUT2D eigenvalue weighted by Gasteiger charge is 2.13. The van der Waals surface area contributed by atoms with Crippen LogP contribution in [0, 0.1) is 13.8 Å². The minimum atomic E-state index is -0.0491. The Morgan fingerprint density at radius 2 is 2.05 bits per heavy atom. The van der Waals surface area contributed by atoms with Gasteiger partial charge >= 0.3 is 0 Å². The third-order valence-corrected chi connectivity index (χ3v) is 4.16. The van der Waals surface area contributed by atoms with Gasteiger partial charge in [-0.15, -0.1) is 0 Å². The van der Waals surface area contributed by atoms with E-state index in [1.807, 2.05) is 44.2 Å². The molecule has 1 aliphatic heterocycles. The minimum Gasteiger partial charge on any atom is -0.385 e. The molecule has 1 amide bonds. The first-order valence-corrected chi connectivity index (χ1v) is 7.39. The van der Waals surface area contributed by atoms with Crippen molar-refractivity contribution in [1.29, 1.82) is 0 Å². The third kappa shape index (κ3) is 2.77. The maximum absolute atomic E-state index is 12.4. The lowest BCUT2D eigenvalue weighted by Crippen LogP contribution is -2.15. The van der Waals surface area contributed by atoms with E-state index < -0.39 is 0 Å². The number of hydrogen-bond donors (Lipinski definition) is 2. The van der Waals surface area contributed by atoms with Gasteiger partial charge in [0, 0.05) is 23.5 Å². The molecule has 2 aromatic carbocycles. The van der Waals surface area contributed by atoms with Crippen molar-refractivity contribution < 1.29 is 4.79 Å². The molecular formula is C18H20N2O. The fourth-order valence-electron chi connectivity index (χ4n) is 2.73. The van der Waals surface area contributed by atoms with Crippen molar-refractivity contribution in [1.82, 2.24) is 0 Å². The molecule has 21 heavy (non-hydrogen) atoms. The van der Waals surface area contributed by atoms with E-state index in [-0.39, 0.29) is 5.91 Å². The van der Waals surface area contributed by atoms with Gasteiger partial charge in [0.15, 0.2) is 0 Å². The fraction of sp³-hybridized carbons (Fsp3) is 0.278. The van der Waals surface area contributed by atoms with E-state index in [9.17, 15) is 4.79 Å². The zero-order chi connectivity index (χ0) is 14.8. The predicted octanol–water partition coefficient (Wildman–Crippen LogP) is 3.91. The van der Waals surface area contributed by atoms with Crippen molar-refractivity contribution in [2.45, 2.75) is 26.7 Å². The molecule has 3 heteroatoms. The van der Waals surface area contributed by atoms with Gasteiger partial charge in [-0.25, -0.2) is 0 Å². The predicted molar refractivity (Wildman–Crippen MR) is 87.1 cm³/mol. The number of hydrogen-bond acceptors (Lipinski definition) is 2. The number of fused-ring (bicyclic) bond motifs is 1. The molecular weight excluding hydrogens is 260 g/mol. The number of rotatable bonds is 2. The monoisotopic (exact) mass is 280 g/mol. The van der Waals surface area contributed by atoms with Crippen molar-refractivity contribution in [2.75, 3.05) is 17.2 Å². The summed E-state index contributed by atoms with van der Waals surface area (Å²) in [5.41, 5.74) is 6.21. The SMILES string of the molecule is Cc1cccc(C(=O)Nc2ccc3c(c2)NCCC3)c1C. The Bertz CT molecular complexity index is 692. The molecule has 0 fully saturated rings. The molecule has 1 aliphatic rings. The van der Waals surface area contributed by atoms with Crippen molar-refractivity contribution >= 4 is 17.3 Å². The summed E-state index contributed by atoms with van der Waals surface area (Å²) in [6, 6.07) is 11.9. The van der Waals surface area contributed by atoms with Gasteiger partial charge in [-0.2, -0.15) is 0 Å². The maximum Gasteiger partial charge on any atom is 0.255 e. The molecule has 3 rings (SSSR count). The van der Waals surface area contributed by atoms with Gasteiger partial charge in [0.25, 0.3) is 5.91 Å². The minimum absolute atomic E-state index is 0.0491. The molecule has 0 saturated carbocycles. The van der Waals surface area contributed by atoms with E-state index in [4.69, 9.17) is 0 Å². The number of nitrogens with one attached hydrogen (secondary N) is 2. The summed E-state index contributed by atoms with van der Waals surface area (Å²) in [6.45, 7) is 5.01. The average Bonchev–Trinajstić information content (AvgIpc) is 2.50. The Morgan fingerprint density at radius 1 is 1.19 bits per heavy atom. The van der Waals surface area contributed by atoms with E-state index in [0.29, 0.717) is 0 Å². The van der Waals surface area contributed by atoms with E-state index in [0.717, 1.165) is 41.0 Å². The smallest absolute Gasteiger partial charge is 0.255 e. The lowest BCUT2D eigenvalue weighted by Gasteiger charge is -2.19.